The Morgan fingerprint density at radius 3 is 3.19 bits per heavy atom. The van der Waals surface area contributed by atoms with Gasteiger partial charge in [-0.25, -0.2) is 4.98 Å². The monoisotopic (exact) mass is 219 g/mol. The molecule has 84 valence electrons. The van der Waals surface area contributed by atoms with Crippen LogP contribution < -0.4 is 5.32 Å². The van der Waals surface area contributed by atoms with Crippen LogP contribution in [0.5, 0.6) is 0 Å². The average Bonchev–Trinajstić information content (AvgIpc) is 2.87. The molecule has 6 nitrogen and oxygen atoms in total. The Labute approximate surface area is 93.3 Å². The first-order valence-electron chi connectivity index (χ1n) is 5.11. The number of hydrogen-bond donors (Lipinski definition) is 2. The molecule has 0 saturated carbocycles. The molecule has 6 heteroatoms. The molecule has 0 bridgehead atoms. The summed E-state index contributed by atoms with van der Waals surface area (Å²) >= 11 is 0. The van der Waals surface area contributed by atoms with E-state index in [9.17, 15) is 4.79 Å². The summed E-state index contributed by atoms with van der Waals surface area (Å²) in [6, 6.07) is 2.02. The average molecular weight is 219 g/mol. The summed E-state index contributed by atoms with van der Waals surface area (Å²) in [5, 5.41) is 11.5. The number of anilines is 1. The lowest BCUT2D eigenvalue weighted by Crippen LogP contribution is -2.26. The van der Waals surface area contributed by atoms with Gasteiger partial charge in [0.15, 0.2) is 0 Å². The van der Waals surface area contributed by atoms with E-state index in [1.807, 2.05) is 11.9 Å². The maximum Gasteiger partial charge on any atom is 0.231 e. The third kappa shape index (κ3) is 2.04. The van der Waals surface area contributed by atoms with Crippen LogP contribution in [-0.4, -0.2) is 40.4 Å². The highest BCUT2D eigenvalue weighted by molar-refractivity contribution is 5.91. The number of nitriles is 1. The summed E-state index contributed by atoms with van der Waals surface area (Å²) < 4.78 is 0. The number of imidazole rings is 1. The van der Waals surface area contributed by atoms with Crippen molar-refractivity contribution in [2.24, 2.45) is 5.92 Å². The van der Waals surface area contributed by atoms with Crippen molar-refractivity contribution in [2.75, 3.05) is 18.9 Å². The van der Waals surface area contributed by atoms with Crippen molar-refractivity contribution in [1.82, 2.24) is 14.9 Å². The maximum atomic E-state index is 11.8. The molecule has 2 atom stereocenters. The fourth-order valence-corrected chi connectivity index (χ4v) is 1.89. The van der Waals surface area contributed by atoms with E-state index in [1.54, 1.807) is 12.4 Å². The Morgan fingerprint density at radius 1 is 1.81 bits per heavy atom. The third-order valence-corrected chi connectivity index (χ3v) is 2.81. The number of aromatic amines is 1. The number of rotatable bonds is 2. The Bertz CT molecular complexity index is 407. The van der Waals surface area contributed by atoms with Gasteiger partial charge in [0.1, 0.15) is 0 Å². The number of amides is 1. The molecular formula is C10H13N5O. The lowest BCUT2D eigenvalue weighted by Gasteiger charge is -2.10. The zero-order chi connectivity index (χ0) is 11.5. The Kier molecular flexibility index (Phi) is 2.88. The van der Waals surface area contributed by atoms with Crippen molar-refractivity contribution in [3.8, 4) is 6.07 Å². The van der Waals surface area contributed by atoms with E-state index in [1.165, 1.54) is 0 Å². The zero-order valence-electron chi connectivity index (χ0n) is 8.97. The van der Waals surface area contributed by atoms with Gasteiger partial charge < -0.3 is 4.98 Å². The van der Waals surface area contributed by atoms with Crippen LogP contribution in [0.3, 0.4) is 0 Å². The van der Waals surface area contributed by atoms with Crippen LogP contribution in [0.1, 0.15) is 6.42 Å². The fraction of sp³-hybridized carbons (Fsp3) is 0.500. The van der Waals surface area contributed by atoms with Gasteiger partial charge in [-0.15, -0.1) is 0 Å². The van der Waals surface area contributed by atoms with Crippen LogP contribution in [0.15, 0.2) is 12.4 Å². The lowest BCUT2D eigenvalue weighted by molar-refractivity contribution is -0.119. The number of H-pyrrole nitrogens is 1. The smallest absolute Gasteiger partial charge is 0.231 e. The number of carbonyl (C=O) groups excluding carboxylic acids is 1. The molecule has 0 aromatic carbocycles. The molecule has 16 heavy (non-hydrogen) atoms. The second kappa shape index (κ2) is 4.33. The first-order chi connectivity index (χ1) is 7.70. The van der Waals surface area contributed by atoms with Gasteiger partial charge in [-0.2, -0.15) is 5.26 Å². The molecule has 2 N–H and O–H groups in total. The Hall–Kier alpha value is -1.87. The van der Waals surface area contributed by atoms with Crippen LogP contribution in [0.2, 0.25) is 0 Å². The molecule has 1 amide bonds. The standard InChI is InChI=1S/C10H13N5O/c1-15-6-7(4-8(15)5-11)9(16)14-10-12-2-3-13-10/h2-3,7-8H,4,6H2,1H3,(H2,12,13,14,16). The molecule has 0 radical (unpaired) electrons. The molecule has 2 heterocycles. The molecule has 2 unspecified atom stereocenters. The molecule has 1 aliphatic rings. The number of aromatic nitrogens is 2. The van der Waals surface area contributed by atoms with Gasteiger partial charge >= 0.3 is 0 Å². The van der Waals surface area contributed by atoms with Crippen molar-refractivity contribution < 1.29 is 4.79 Å². The minimum atomic E-state index is -0.160. The molecule has 1 aromatic rings. The predicted octanol–water partition coefficient (Wildman–Crippen LogP) is 0.192. The van der Waals surface area contributed by atoms with Crippen molar-refractivity contribution in [3.63, 3.8) is 0 Å². The fourth-order valence-electron chi connectivity index (χ4n) is 1.89. The topological polar surface area (TPSA) is 84.8 Å². The van der Waals surface area contributed by atoms with E-state index in [0.717, 1.165) is 0 Å². The summed E-state index contributed by atoms with van der Waals surface area (Å²) in [6.45, 7) is 0.616. The number of likely N-dealkylation sites (tertiary alicyclic amines) is 1. The van der Waals surface area contributed by atoms with Crippen LogP contribution in [0, 0.1) is 17.2 Å². The zero-order valence-corrected chi connectivity index (χ0v) is 8.97. The van der Waals surface area contributed by atoms with E-state index in [0.29, 0.717) is 18.9 Å². The van der Waals surface area contributed by atoms with Gasteiger partial charge in [0.05, 0.1) is 18.0 Å². The second-order valence-electron chi connectivity index (χ2n) is 3.94. The first-order valence-corrected chi connectivity index (χ1v) is 5.11. The van der Waals surface area contributed by atoms with Crippen LogP contribution >= 0.6 is 0 Å². The minimum Gasteiger partial charge on any atom is -0.331 e. The van der Waals surface area contributed by atoms with Gasteiger partial charge in [0.25, 0.3) is 0 Å². The number of nitrogens with zero attached hydrogens (tertiary/aromatic N) is 3. The first kappa shape index (κ1) is 10.6. The second-order valence-corrected chi connectivity index (χ2v) is 3.94. The molecule has 1 aromatic heterocycles. The van der Waals surface area contributed by atoms with Gasteiger partial charge in [0, 0.05) is 18.9 Å². The van der Waals surface area contributed by atoms with Gasteiger partial charge in [-0.05, 0) is 13.5 Å². The van der Waals surface area contributed by atoms with Crippen molar-refractivity contribution in [3.05, 3.63) is 12.4 Å². The van der Waals surface area contributed by atoms with Gasteiger partial charge in [0.2, 0.25) is 11.9 Å². The van der Waals surface area contributed by atoms with Crippen molar-refractivity contribution in [1.29, 1.82) is 5.26 Å². The van der Waals surface area contributed by atoms with Crippen LogP contribution in [0.4, 0.5) is 5.95 Å². The summed E-state index contributed by atoms with van der Waals surface area (Å²) in [4.78, 5) is 20.4. The molecule has 0 spiro atoms. The SMILES string of the molecule is CN1CC(C(=O)Nc2ncc[nH]2)CC1C#N. The summed E-state index contributed by atoms with van der Waals surface area (Å²) in [6.07, 6.45) is 3.81. The Morgan fingerprint density at radius 2 is 2.62 bits per heavy atom. The van der Waals surface area contributed by atoms with E-state index >= 15 is 0 Å². The highest BCUT2D eigenvalue weighted by Gasteiger charge is 2.34. The highest BCUT2D eigenvalue weighted by atomic mass is 16.2. The van der Waals surface area contributed by atoms with Crippen molar-refractivity contribution in [2.45, 2.75) is 12.5 Å². The molecule has 2 rings (SSSR count). The van der Waals surface area contributed by atoms with E-state index in [-0.39, 0.29) is 17.9 Å². The van der Waals surface area contributed by atoms with E-state index in [4.69, 9.17) is 5.26 Å². The van der Waals surface area contributed by atoms with E-state index in [2.05, 4.69) is 21.4 Å². The highest BCUT2D eigenvalue weighted by Crippen LogP contribution is 2.21. The summed E-state index contributed by atoms with van der Waals surface area (Å²) in [5.41, 5.74) is 0. The molecule has 0 aliphatic carbocycles. The lowest BCUT2D eigenvalue weighted by atomic mass is 10.1. The van der Waals surface area contributed by atoms with Crippen LogP contribution in [-0.2, 0) is 4.79 Å². The molecule has 1 aliphatic heterocycles. The molecular weight excluding hydrogens is 206 g/mol. The van der Waals surface area contributed by atoms with E-state index < -0.39 is 0 Å². The maximum absolute atomic E-state index is 11.8. The number of nitrogens with one attached hydrogen (secondary N) is 2. The van der Waals surface area contributed by atoms with Gasteiger partial charge in [-0.1, -0.05) is 0 Å². The van der Waals surface area contributed by atoms with Crippen LogP contribution in [0.25, 0.3) is 0 Å². The molecule has 1 fully saturated rings. The van der Waals surface area contributed by atoms with Crippen molar-refractivity contribution >= 4 is 11.9 Å². The Balaban J connectivity index is 1.95. The number of carbonyl (C=O) groups is 1. The normalized spacial score (nSPS) is 25.2. The number of hydrogen-bond acceptors (Lipinski definition) is 4. The molecule has 1 saturated heterocycles. The third-order valence-electron chi connectivity index (χ3n) is 2.81. The minimum absolute atomic E-state index is 0.0837. The largest absolute Gasteiger partial charge is 0.331 e. The summed E-state index contributed by atoms with van der Waals surface area (Å²) in [5.74, 6) is 0.229. The summed E-state index contributed by atoms with van der Waals surface area (Å²) in [7, 11) is 1.86. The predicted molar refractivity (Wildman–Crippen MR) is 57.4 cm³/mol. The quantitative estimate of drug-likeness (QED) is 0.743. The van der Waals surface area contributed by atoms with Gasteiger partial charge in [-0.3, -0.25) is 15.0 Å².